The fraction of sp³-hybridized carbons (Fsp3) is 0.214. The van der Waals surface area contributed by atoms with Gasteiger partial charge in [0.1, 0.15) is 11.4 Å². The Morgan fingerprint density at radius 2 is 1.90 bits per heavy atom. The second-order valence-electron chi connectivity index (χ2n) is 4.58. The number of rotatable bonds is 3. The molecule has 5 nitrogen and oxygen atoms in total. The minimum atomic E-state index is -1.33. The van der Waals surface area contributed by atoms with Gasteiger partial charge in [0.25, 0.3) is 0 Å². The number of benzene rings is 1. The van der Waals surface area contributed by atoms with Gasteiger partial charge in [-0.2, -0.15) is 5.10 Å². The topological polar surface area (TPSA) is 72.2 Å². The number of halogens is 1. The number of aromatic carboxylic acids is 1. The highest BCUT2D eigenvalue weighted by Gasteiger charge is 2.21. The van der Waals surface area contributed by atoms with E-state index in [1.165, 1.54) is 28.9 Å². The Kier molecular flexibility index (Phi) is 3.65. The Labute approximate surface area is 114 Å². The molecule has 20 heavy (non-hydrogen) atoms. The van der Waals surface area contributed by atoms with Crippen LogP contribution in [0.25, 0.3) is 11.3 Å². The van der Waals surface area contributed by atoms with Crippen LogP contribution in [0.4, 0.5) is 4.39 Å². The molecule has 0 atom stereocenters. The van der Waals surface area contributed by atoms with Gasteiger partial charge in [-0.15, -0.1) is 0 Å². The first-order valence-electron chi connectivity index (χ1n) is 6.03. The normalized spacial score (nSPS) is 10.8. The smallest absolute Gasteiger partial charge is 0.341 e. The van der Waals surface area contributed by atoms with Crippen LogP contribution in [-0.4, -0.2) is 20.9 Å². The van der Waals surface area contributed by atoms with Gasteiger partial charge >= 0.3 is 5.97 Å². The molecule has 2 aromatic rings. The molecule has 0 unspecified atom stereocenters. The quantitative estimate of drug-likeness (QED) is 0.933. The maximum absolute atomic E-state index is 13.0. The van der Waals surface area contributed by atoms with Gasteiger partial charge in [-0.25, -0.2) is 9.18 Å². The number of hydrogen-bond donors (Lipinski definition) is 1. The summed E-state index contributed by atoms with van der Waals surface area (Å²) in [7, 11) is 0. The molecule has 0 bridgehead atoms. The van der Waals surface area contributed by atoms with Crippen LogP contribution in [0.2, 0.25) is 0 Å². The molecule has 1 heterocycles. The molecule has 0 saturated heterocycles. The van der Waals surface area contributed by atoms with E-state index in [0.717, 1.165) is 6.20 Å². The van der Waals surface area contributed by atoms with Crippen LogP contribution in [0.3, 0.4) is 0 Å². The SMILES string of the molecule is CC(C)n1ncc(=O)c(C(=O)O)c1-c1ccc(F)cc1. The third-order valence-corrected chi connectivity index (χ3v) is 2.83. The van der Waals surface area contributed by atoms with Crippen molar-refractivity contribution in [3.63, 3.8) is 0 Å². The third-order valence-electron chi connectivity index (χ3n) is 2.83. The number of hydrogen-bond acceptors (Lipinski definition) is 3. The largest absolute Gasteiger partial charge is 0.477 e. The third kappa shape index (κ3) is 2.45. The fourth-order valence-corrected chi connectivity index (χ4v) is 1.95. The number of carboxylic acid groups (broad SMARTS) is 1. The molecule has 0 aliphatic heterocycles. The zero-order chi connectivity index (χ0) is 14.9. The lowest BCUT2D eigenvalue weighted by atomic mass is 10.1. The van der Waals surface area contributed by atoms with Gasteiger partial charge < -0.3 is 5.11 Å². The number of carbonyl (C=O) groups is 1. The first kappa shape index (κ1) is 13.9. The molecule has 0 spiro atoms. The molecule has 0 aliphatic carbocycles. The molecule has 1 aromatic carbocycles. The van der Waals surface area contributed by atoms with Crippen molar-refractivity contribution in [3.05, 3.63) is 52.1 Å². The van der Waals surface area contributed by atoms with Gasteiger partial charge in [0.2, 0.25) is 5.43 Å². The molecule has 0 radical (unpaired) electrons. The van der Waals surface area contributed by atoms with Crippen LogP contribution in [0.1, 0.15) is 30.2 Å². The zero-order valence-corrected chi connectivity index (χ0v) is 11.0. The average Bonchev–Trinajstić information content (AvgIpc) is 2.38. The number of nitrogens with zero attached hydrogens (tertiary/aromatic N) is 2. The molecule has 1 aromatic heterocycles. The molecular formula is C14H13FN2O3. The molecule has 0 amide bonds. The van der Waals surface area contributed by atoms with Crippen molar-refractivity contribution in [1.29, 1.82) is 0 Å². The highest BCUT2D eigenvalue weighted by molar-refractivity contribution is 5.94. The van der Waals surface area contributed by atoms with Gasteiger partial charge in [-0.1, -0.05) is 0 Å². The first-order chi connectivity index (χ1) is 9.41. The lowest BCUT2D eigenvalue weighted by molar-refractivity contribution is 0.0695. The molecule has 1 N–H and O–H groups in total. The average molecular weight is 276 g/mol. The molecule has 104 valence electrons. The Hall–Kier alpha value is -2.50. The standard InChI is InChI=1S/C14H13FN2O3/c1-8(2)17-13(9-3-5-10(15)6-4-9)12(14(19)20)11(18)7-16-17/h3-8H,1-2H3,(H,19,20). The van der Waals surface area contributed by atoms with Crippen LogP contribution < -0.4 is 5.43 Å². The van der Waals surface area contributed by atoms with Crippen molar-refractivity contribution < 1.29 is 14.3 Å². The van der Waals surface area contributed by atoms with Crippen LogP contribution in [0.15, 0.2) is 35.3 Å². The lowest BCUT2D eigenvalue weighted by Crippen LogP contribution is -2.23. The summed E-state index contributed by atoms with van der Waals surface area (Å²) in [5, 5.41) is 13.2. The minimum Gasteiger partial charge on any atom is -0.477 e. The van der Waals surface area contributed by atoms with Crippen molar-refractivity contribution in [2.24, 2.45) is 0 Å². The minimum absolute atomic E-state index is 0.145. The Balaban J connectivity index is 2.83. The number of aromatic nitrogens is 2. The van der Waals surface area contributed by atoms with Crippen LogP contribution in [0.5, 0.6) is 0 Å². The van der Waals surface area contributed by atoms with E-state index in [1.54, 1.807) is 0 Å². The van der Waals surface area contributed by atoms with E-state index in [1.807, 2.05) is 13.8 Å². The summed E-state index contributed by atoms with van der Waals surface area (Å²) in [6.07, 6.45) is 0.983. The van der Waals surface area contributed by atoms with Gasteiger partial charge in [-0.05, 0) is 38.1 Å². The molecule has 0 saturated carbocycles. The predicted octanol–water partition coefficient (Wildman–Crippen LogP) is 2.33. The summed E-state index contributed by atoms with van der Waals surface area (Å²) in [6.45, 7) is 3.63. The molecule has 0 fully saturated rings. The number of carboxylic acids is 1. The van der Waals surface area contributed by atoms with Gasteiger partial charge in [-0.3, -0.25) is 9.48 Å². The Morgan fingerprint density at radius 3 is 2.40 bits per heavy atom. The highest BCUT2D eigenvalue weighted by atomic mass is 19.1. The van der Waals surface area contributed by atoms with E-state index < -0.39 is 17.2 Å². The van der Waals surface area contributed by atoms with E-state index in [-0.39, 0.29) is 17.3 Å². The summed E-state index contributed by atoms with van der Waals surface area (Å²) < 4.78 is 14.4. The van der Waals surface area contributed by atoms with Crippen LogP contribution in [-0.2, 0) is 0 Å². The lowest BCUT2D eigenvalue weighted by Gasteiger charge is -2.17. The summed E-state index contributed by atoms with van der Waals surface area (Å²) in [6, 6.07) is 5.13. The Morgan fingerprint density at radius 1 is 1.30 bits per heavy atom. The van der Waals surface area contributed by atoms with Gasteiger partial charge in [0, 0.05) is 11.6 Å². The van der Waals surface area contributed by atoms with Crippen molar-refractivity contribution in [3.8, 4) is 11.3 Å². The second-order valence-corrected chi connectivity index (χ2v) is 4.58. The van der Waals surface area contributed by atoms with E-state index in [0.29, 0.717) is 5.56 Å². The van der Waals surface area contributed by atoms with E-state index in [9.17, 15) is 19.1 Å². The van der Waals surface area contributed by atoms with Crippen molar-refractivity contribution >= 4 is 5.97 Å². The highest BCUT2D eigenvalue weighted by Crippen LogP contribution is 2.24. The fourth-order valence-electron chi connectivity index (χ4n) is 1.95. The molecule has 0 aliphatic rings. The monoisotopic (exact) mass is 276 g/mol. The van der Waals surface area contributed by atoms with Crippen molar-refractivity contribution in [1.82, 2.24) is 9.78 Å². The Bertz CT molecular complexity index is 705. The van der Waals surface area contributed by atoms with E-state index >= 15 is 0 Å². The first-order valence-corrected chi connectivity index (χ1v) is 6.03. The summed E-state index contributed by atoms with van der Waals surface area (Å²) in [5.74, 6) is -1.76. The second kappa shape index (κ2) is 5.24. The van der Waals surface area contributed by atoms with Crippen molar-refractivity contribution in [2.45, 2.75) is 19.9 Å². The van der Waals surface area contributed by atoms with Gasteiger partial charge in [0.15, 0.2) is 0 Å². The summed E-state index contributed by atoms with van der Waals surface area (Å²) >= 11 is 0. The summed E-state index contributed by atoms with van der Waals surface area (Å²) in [5.41, 5.74) is -0.420. The van der Waals surface area contributed by atoms with Gasteiger partial charge in [0.05, 0.1) is 11.9 Å². The van der Waals surface area contributed by atoms with Crippen LogP contribution in [0, 0.1) is 5.82 Å². The molecule has 2 rings (SSSR count). The summed E-state index contributed by atoms with van der Waals surface area (Å²) in [4.78, 5) is 23.1. The zero-order valence-electron chi connectivity index (χ0n) is 11.0. The van der Waals surface area contributed by atoms with Crippen LogP contribution >= 0.6 is 0 Å². The predicted molar refractivity (Wildman–Crippen MR) is 71.2 cm³/mol. The molecule has 6 heteroatoms. The van der Waals surface area contributed by atoms with E-state index in [4.69, 9.17) is 0 Å². The maximum Gasteiger partial charge on any atom is 0.341 e. The van der Waals surface area contributed by atoms with E-state index in [2.05, 4.69) is 5.10 Å². The van der Waals surface area contributed by atoms with Crippen molar-refractivity contribution in [2.75, 3.05) is 0 Å². The maximum atomic E-state index is 13.0. The molecular weight excluding hydrogens is 263 g/mol.